The summed E-state index contributed by atoms with van der Waals surface area (Å²) in [7, 11) is 0. The van der Waals surface area contributed by atoms with E-state index >= 15 is 0 Å². The molecule has 0 saturated heterocycles. The van der Waals surface area contributed by atoms with Crippen LogP contribution in [0.2, 0.25) is 0 Å². The number of hydrogen-bond acceptors (Lipinski definition) is 4. The molecule has 0 aliphatic heterocycles. The Balaban J connectivity index is 2.75. The van der Waals surface area contributed by atoms with Gasteiger partial charge in [-0.2, -0.15) is 5.26 Å². The first-order valence-electron chi connectivity index (χ1n) is 6.53. The average Bonchev–Trinajstić information content (AvgIpc) is 2.43. The first-order valence-corrected chi connectivity index (χ1v) is 6.53. The summed E-state index contributed by atoms with van der Waals surface area (Å²) in [5.41, 5.74) is 0.380. The summed E-state index contributed by atoms with van der Waals surface area (Å²) in [6.45, 7) is 6.44. The Bertz CT molecular complexity index is 421. The third-order valence-electron chi connectivity index (χ3n) is 2.75. The van der Waals surface area contributed by atoms with Gasteiger partial charge < -0.3 is 9.84 Å². The van der Waals surface area contributed by atoms with Crippen LogP contribution in [0.3, 0.4) is 0 Å². The molecule has 0 saturated carbocycles. The van der Waals surface area contributed by atoms with E-state index in [-0.39, 0.29) is 6.61 Å². The maximum Gasteiger partial charge on any atom is 0.121 e. The molecule has 0 bridgehead atoms. The van der Waals surface area contributed by atoms with Crippen LogP contribution in [0.25, 0.3) is 0 Å². The molecule has 19 heavy (non-hydrogen) atoms. The standard InChI is InChI=1S/C15H22N2O2/c1-4-9-19-13-7-5-12(6-8-13)14(10-16)17-15(2,3)11-18/h5-8,14,17-18H,4,9,11H2,1-3H3. The van der Waals surface area contributed by atoms with Crippen molar-refractivity contribution < 1.29 is 9.84 Å². The molecular formula is C15H22N2O2. The van der Waals surface area contributed by atoms with Gasteiger partial charge in [0.25, 0.3) is 0 Å². The van der Waals surface area contributed by atoms with Crippen LogP contribution in [-0.4, -0.2) is 23.9 Å². The van der Waals surface area contributed by atoms with Gasteiger partial charge in [-0.25, -0.2) is 0 Å². The molecule has 0 amide bonds. The van der Waals surface area contributed by atoms with Crippen molar-refractivity contribution in [2.24, 2.45) is 0 Å². The number of aliphatic hydroxyl groups is 1. The Morgan fingerprint density at radius 1 is 1.37 bits per heavy atom. The van der Waals surface area contributed by atoms with E-state index in [0.29, 0.717) is 6.61 Å². The van der Waals surface area contributed by atoms with Crippen LogP contribution < -0.4 is 10.1 Å². The maximum absolute atomic E-state index is 9.23. The van der Waals surface area contributed by atoms with Crippen LogP contribution in [0.5, 0.6) is 5.75 Å². The van der Waals surface area contributed by atoms with Crippen LogP contribution in [0.15, 0.2) is 24.3 Å². The largest absolute Gasteiger partial charge is 0.494 e. The molecule has 0 aromatic heterocycles. The quantitative estimate of drug-likeness (QED) is 0.792. The number of nitrogens with one attached hydrogen (secondary N) is 1. The lowest BCUT2D eigenvalue weighted by molar-refractivity contribution is 0.182. The first-order chi connectivity index (χ1) is 9.02. The van der Waals surface area contributed by atoms with Crippen molar-refractivity contribution in [3.8, 4) is 11.8 Å². The summed E-state index contributed by atoms with van der Waals surface area (Å²) in [6, 6.07) is 9.24. The summed E-state index contributed by atoms with van der Waals surface area (Å²) in [4.78, 5) is 0. The molecule has 4 heteroatoms. The van der Waals surface area contributed by atoms with Gasteiger partial charge in [0.05, 0.1) is 19.3 Å². The molecular weight excluding hydrogens is 240 g/mol. The van der Waals surface area contributed by atoms with Gasteiger partial charge in [0.15, 0.2) is 0 Å². The molecule has 0 aliphatic rings. The minimum absolute atomic E-state index is 0.0249. The van der Waals surface area contributed by atoms with Crippen molar-refractivity contribution in [3.05, 3.63) is 29.8 Å². The number of aliphatic hydroxyl groups excluding tert-OH is 1. The summed E-state index contributed by atoms with van der Waals surface area (Å²) in [5.74, 6) is 0.809. The monoisotopic (exact) mass is 262 g/mol. The van der Waals surface area contributed by atoms with E-state index in [4.69, 9.17) is 4.74 Å². The van der Waals surface area contributed by atoms with Crippen LogP contribution >= 0.6 is 0 Å². The summed E-state index contributed by atoms with van der Waals surface area (Å²) < 4.78 is 5.50. The Kier molecular flexibility index (Phi) is 5.81. The van der Waals surface area contributed by atoms with Gasteiger partial charge in [0, 0.05) is 5.54 Å². The van der Waals surface area contributed by atoms with Crippen LogP contribution in [0.1, 0.15) is 38.8 Å². The van der Waals surface area contributed by atoms with E-state index in [1.807, 2.05) is 38.1 Å². The Morgan fingerprint density at radius 3 is 2.47 bits per heavy atom. The van der Waals surface area contributed by atoms with Crippen molar-refractivity contribution >= 4 is 0 Å². The van der Waals surface area contributed by atoms with E-state index in [1.54, 1.807) is 0 Å². The fraction of sp³-hybridized carbons (Fsp3) is 0.533. The number of nitriles is 1. The second-order valence-electron chi connectivity index (χ2n) is 5.17. The number of rotatable bonds is 7. The molecule has 2 N–H and O–H groups in total. The summed E-state index contributed by atoms with van der Waals surface area (Å²) >= 11 is 0. The van der Waals surface area contributed by atoms with Gasteiger partial charge in [-0.1, -0.05) is 19.1 Å². The Labute approximate surface area is 115 Å². The Hall–Kier alpha value is -1.57. The van der Waals surface area contributed by atoms with Gasteiger partial charge in [-0.3, -0.25) is 5.32 Å². The number of hydrogen-bond donors (Lipinski definition) is 2. The van der Waals surface area contributed by atoms with Crippen molar-refractivity contribution in [1.82, 2.24) is 5.32 Å². The third-order valence-corrected chi connectivity index (χ3v) is 2.75. The zero-order valence-electron chi connectivity index (χ0n) is 11.8. The molecule has 0 heterocycles. The molecule has 0 fully saturated rings. The van der Waals surface area contributed by atoms with Gasteiger partial charge in [0.2, 0.25) is 0 Å². The van der Waals surface area contributed by atoms with E-state index < -0.39 is 11.6 Å². The fourth-order valence-electron chi connectivity index (χ4n) is 1.60. The highest BCUT2D eigenvalue weighted by Gasteiger charge is 2.22. The molecule has 1 aromatic carbocycles. The van der Waals surface area contributed by atoms with Gasteiger partial charge in [-0.05, 0) is 38.0 Å². The molecule has 1 unspecified atom stereocenters. The molecule has 1 aromatic rings. The Morgan fingerprint density at radius 2 is 2.00 bits per heavy atom. The molecule has 1 atom stereocenters. The minimum Gasteiger partial charge on any atom is -0.494 e. The maximum atomic E-state index is 9.23. The SMILES string of the molecule is CCCOc1ccc(C(C#N)NC(C)(C)CO)cc1. The smallest absolute Gasteiger partial charge is 0.121 e. The van der Waals surface area contributed by atoms with Crippen LogP contribution in [0, 0.1) is 11.3 Å². The molecule has 0 radical (unpaired) electrons. The highest BCUT2D eigenvalue weighted by atomic mass is 16.5. The summed E-state index contributed by atoms with van der Waals surface area (Å²) in [6.07, 6.45) is 0.967. The molecule has 0 spiro atoms. The van der Waals surface area contributed by atoms with Crippen molar-refractivity contribution in [2.45, 2.75) is 38.8 Å². The van der Waals surface area contributed by atoms with Crippen molar-refractivity contribution in [3.63, 3.8) is 0 Å². The highest BCUT2D eigenvalue weighted by Crippen LogP contribution is 2.20. The minimum atomic E-state index is -0.488. The van der Waals surface area contributed by atoms with Crippen LogP contribution in [0.4, 0.5) is 0 Å². The first kappa shape index (κ1) is 15.5. The van der Waals surface area contributed by atoms with E-state index in [0.717, 1.165) is 17.7 Å². The molecule has 1 rings (SSSR count). The number of benzene rings is 1. The van der Waals surface area contributed by atoms with Gasteiger partial charge >= 0.3 is 0 Å². The zero-order valence-corrected chi connectivity index (χ0v) is 11.8. The summed E-state index contributed by atoms with van der Waals surface area (Å²) in [5, 5.41) is 21.6. The molecule has 104 valence electrons. The third kappa shape index (κ3) is 4.90. The molecule has 4 nitrogen and oxygen atoms in total. The average molecular weight is 262 g/mol. The highest BCUT2D eigenvalue weighted by molar-refractivity contribution is 5.31. The van der Waals surface area contributed by atoms with Crippen LogP contribution in [-0.2, 0) is 0 Å². The zero-order chi connectivity index (χ0) is 14.3. The van der Waals surface area contributed by atoms with Crippen molar-refractivity contribution in [1.29, 1.82) is 5.26 Å². The number of ether oxygens (including phenoxy) is 1. The predicted molar refractivity (Wildman–Crippen MR) is 74.9 cm³/mol. The topological polar surface area (TPSA) is 65.3 Å². The lowest BCUT2D eigenvalue weighted by Gasteiger charge is -2.27. The normalized spacial score (nSPS) is 12.8. The van der Waals surface area contributed by atoms with Gasteiger partial charge in [-0.15, -0.1) is 0 Å². The fourth-order valence-corrected chi connectivity index (χ4v) is 1.60. The molecule has 0 aliphatic carbocycles. The predicted octanol–water partition coefficient (Wildman–Crippen LogP) is 2.40. The lowest BCUT2D eigenvalue weighted by Crippen LogP contribution is -2.44. The van der Waals surface area contributed by atoms with E-state index in [2.05, 4.69) is 18.3 Å². The second kappa shape index (κ2) is 7.13. The van der Waals surface area contributed by atoms with Gasteiger partial charge in [0.1, 0.15) is 11.8 Å². The number of nitrogens with zero attached hydrogens (tertiary/aromatic N) is 1. The van der Waals surface area contributed by atoms with Crippen molar-refractivity contribution in [2.75, 3.05) is 13.2 Å². The second-order valence-corrected chi connectivity index (χ2v) is 5.17. The lowest BCUT2D eigenvalue weighted by atomic mass is 10.0. The van der Waals surface area contributed by atoms with E-state index in [9.17, 15) is 10.4 Å². The van der Waals surface area contributed by atoms with E-state index in [1.165, 1.54) is 0 Å².